The number of nitrogens with zero attached hydrogens (tertiary/aromatic N) is 1. The first kappa shape index (κ1) is 14.0. The van der Waals surface area contributed by atoms with Gasteiger partial charge in [0.1, 0.15) is 23.1 Å². The van der Waals surface area contributed by atoms with Crippen LogP contribution in [0.15, 0.2) is 59.2 Å². The highest BCUT2D eigenvalue weighted by molar-refractivity contribution is 6.19. The highest BCUT2D eigenvalue weighted by Crippen LogP contribution is 2.18. The molecule has 2 aromatic rings. The van der Waals surface area contributed by atoms with Crippen LogP contribution in [0.3, 0.4) is 0 Å². The van der Waals surface area contributed by atoms with Crippen molar-refractivity contribution in [2.45, 2.75) is 0 Å². The molecule has 0 aromatic heterocycles. The SMILES string of the molecule is COc1ccc(C=C2N=C(c3ccccc3F)NC2=O)cc1. The highest BCUT2D eigenvalue weighted by atomic mass is 19.1. The lowest BCUT2D eigenvalue weighted by Crippen LogP contribution is -2.25. The van der Waals surface area contributed by atoms with Crippen LogP contribution in [-0.4, -0.2) is 18.9 Å². The number of carbonyl (C=O) groups is 1. The summed E-state index contributed by atoms with van der Waals surface area (Å²) in [5, 5.41) is 2.58. The number of methoxy groups -OCH3 is 1. The molecule has 0 fully saturated rings. The average Bonchev–Trinajstić information content (AvgIpc) is 2.89. The van der Waals surface area contributed by atoms with E-state index in [0.29, 0.717) is 0 Å². The van der Waals surface area contributed by atoms with Gasteiger partial charge in [0, 0.05) is 0 Å². The maximum Gasteiger partial charge on any atom is 0.275 e. The fourth-order valence-corrected chi connectivity index (χ4v) is 2.11. The third-order valence-electron chi connectivity index (χ3n) is 3.24. The van der Waals surface area contributed by atoms with Gasteiger partial charge in [0.05, 0.1) is 12.7 Å². The number of carbonyl (C=O) groups excluding carboxylic acids is 1. The first-order chi connectivity index (χ1) is 10.7. The second-order valence-electron chi connectivity index (χ2n) is 4.70. The maximum absolute atomic E-state index is 13.7. The summed E-state index contributed by atoms with van der Waals surface area (Å²) < 4.78 is 18.8. The first-order valence-corrected chi connectivity index (χ1v) is 6.68. The average molecular weight is 296 g/mol. The number of ether oxygens (including phenoxy) is 1. The standard InChI is InChI=1S/C17H13FN2O2/c1-22-12-8-6-11(7-9-12)10-15-17(21)20-16(19-15)13-4-2-3-5-14(13)18/h2-10H,1H3,(H,19,20,21). The van der Waals surface area contributed by atoms with Crippen LogP contribution in [0.5, 0.6) is 5.75 Å². The Kier molecular flexibility index (Phi) is 3.70. The van der Waals surface area contributed by atoms with Gasteiger partial charge in [-0.25, -0.2) is 9.38 Å². The molecule has 0 saturated heterocycles. The summed E-state index contributed by atoms with van der Waals surface area (Å²) >= 11 is 0. The van der Waals surface area contributed by atoms with Gasteiger partial charge in [0.25, 0.3) is 5.91 Å². The number of hydrogen-bond donors (Lipinski definition) is 1. The van der Waals surface area contributed by atoms with E-state index in [1.807, 2.05) is 12.1 Å². The van der Waals surface area contributed by atoms with Crippen LogP contribution in [-0.2, 0) is 4.79 Å². The van der Waals surface area contributed by atoms with Crippen LogP contribution in [0.4, 0.5) is 4.39 Å². The predicted molar refractivity (Wildman–Crippen MR) is 82.1 cm³/mol. The molecular formula is C17H13FN2O2. The Bertz CT molecular complexity index is 780. The summed E-state index contributed by atoms with van der Waals surface area (Å²) in [5.74, 6) is 0.178. The van der Waals surface area contributed by atoms with Gasteiger partial charge < -0.3 is 10.1 Å². The molecule has 0 radical (unpaired) electrons. The van der Waals surface area contributed by atoms with Crippen LogP contribution in [0.25, 0.3) is 6.08 Å². The minimum atomic E-state index is -0.424. The fourth-order valence-electron chi connectivity index (χ4n) is 2.11. The summed E-state index contributed by atoms with van der Waals surface area (Å²) in [6.07, 6.45) is 1.64. The Hall–Kier alpha value is -2.95. The minimum Gasteiger partial charge on any atom is -0.497 e. The molecule has 0 atom stereocenters. The van der Waals surface area contributed by atoms with Crippen LogP contribution < -0.4 is 10.1 Å². The molecule has 2 aromatic carbocycles. The Labute approximate surface area is 127 Å². The predicted octanol–water partition coefficient (Wildman–Crippen LogP) is 2.75. The molecule has 0 saturated carbocycles. The van der Waals surface area contributed by atoms with E-state index in [9.17, 15) is 9.18 Å². The van der Waals surface area contributed by atoms with E-state index in [2.05, 4.69) is 10.3 Å². The van der Waals surface area contributed by atoms with E-state index in [4.69, 9.17) is 4.74 Å². The summed E-state index contributed by atoms with van der Waals surface area (Å²) in [6, 6.07) is 13.4. The lowest BCUT2D eigenvalue weighted by Gasteiger charge is -2.00. The minimum absolute atomic E-state index is 0.225. The molecule has 110 valence electrons. The molecular weight excluding hydrogens is 283 g/mol. The molecule has 0 spiro atoms. The van der Waals surface area contributed by atoms with E-state index in [1.54, 1.807) is 43.5 Å². The van der Waals surface area contributed by atoms with E-state index < -0.39 is 5.82 Å². The highest BCUT2D eigenvalue weighted by Gasteiger charge is 2.22. The number of amides is 1. The largest absolute Gasteiger partial charge is 0.497 e. The summed E-state index contributed by atoms with van der Waals surface area (Å²) in [4.78, 5) is 16.1. The van der Waals surface area contributed by atoms with Gasteiger partial charge in [0.15, 0.2) is 0 Å². The molecule has 1 aliphatic rings. The zero-order valence-electron chi connectivity index (χ0n) is 11.8. The van der Waals surface area contributed by atoms with Crippen LogP contribution >= 0.6 is 0 Å². The smallest absolute Gasteiger partial charge is 0.275 e. The van der Waals surface area contributed by atoms with E-state index in [1.165, 1.54) is 6.07 Å². The molecule has 1 heterocycles. The quantitative estimate of drug-likeness (QED) is 0.885. The van der Waals surface area contributed by atoms with Crippen molar-refractivity contribution in [2.24, 2.45) is 4.99 Å². The third-order valence-corrected chi connectivity index (χ3v) is 3.24. The molecule has 3 rings (SSSR count). The Morgan fingerprint density at radius 2 is 1.86 bits per heavy atom. The molecule has 22 heavy (non-hydrogen) atoms. The van der Waals surface area contributed by atoms with Gasteiger partial charge >= 0.3 is 0 Å². The van der Waals surface area contributed by atoms with Gasteiger partial charge in [-0.3, -0.25) is 4.79 Å². The number of benzene rings is 2. The van der Waals surface area contributed by atoms with Crippen LogP contribution in [0.2, 0.25) is 0 Å². The van der Waals surface area contributed by atoms with Gasteiger partial charge in [-0.1, -0.05) is 24.3 Å². The number of hydrogen-bond acceptors (Lipinski definition) is 3. The van der Waals surface area contributed by atoms with Gasteiger partial charge in [-0.05, 0) is 35.9 Å². The number of nitrogens with one attached hydrogen (secondary N) is 1. The molecule has 1 amide bonds. The van der Waals surface area contributed by atoms with E-state index in [0.717, 1.165) is 11.3 Å². The molecule has 4 nitrogen and oxygen atoms in total. The molecule has 5 heteroatoms. The zero-order chi connectivity index (χ0) is 15.5. The van der Waals surface area contributed by atoms with Crippen molar-refractivity contribution in [2.75, 3.05) is 7.11 Å². The topological polar surface area (TPSA) is 50.7 Å². The molecule has 0 bridgehead atoms. The second-order valence-corrected chi connectivity index (χ2v) is 4.70. The van der Waals surface area contributed by atoms with Crippen molar-refractivity contribution in [1.82, 2.24) is 5.32 Å². The van der Waals surface area contributed by atoms with Crippen molar-refractivity contribution in [3.63, 3.8) is 0 Å². The summed E-state index contributed by atoms with van der Waals surface area (Å²) in [6.45, 7) is 0. The van der Waals surface area contributed by atoms with Gasteiger partial charge in [-0.2, -0.15) is 0 Å². The third kappa shape index (κ3) is 2.74. The van der Waals surface area contributed by atoms with Crippen LogP contribution in [0.1, 0.15) is 11.1 Å². The molecule has 1 N–H and O–H groups in total. The van der Waals surface area contributed by atoms with Crippen molar-refractivity contribution < 1.29 is 13.9 Å². The second kappa shape index (κ2) is 5.81. The Morgan fingerprint density at radius 1 is 1.14 bits per heavy atom. The molecule has 0 aliphatic carbocycles. The van der Waals surface area contributed by atoms with E-state index in [-0.39, 0.29) is 23.0 Å². The lowest BCUT2D eigenvalue weighted by molar-refractivity contribution is -0.115. The van der Waals surface area contributed by atoms with Crippen molar-refractivity contribution >= 4 is 17.8 Å². The normalized spacial score (nSPS) is 15.6. The van der Waals surface area contributed by atoms with Crippen molar-refractivity contribution in [1.29, 1.82) is 0 Å². The number of halogens is 1. The van der Waals surface area contributed by atoms with Gasteiger partial charge in [-0.15, -0.1) is 0 Å². The molecule has 0 unspecified atom stereocenters. The van der Waals surface area contributed by atoms with Crippen molar-refractivity contribution in [3.05, 3.63) is 71.2 Å². The van der Waals surface area contributed by atoms with Gasteiger partial charge in [0.2, 0.25) is 0 Å². The number of aliphatic imine (C=N–C) groups is 1. The lowest BCUT2D eigenvalue weighted by atomic mass is 10.2. The van der Waals surface area contributed by atoms with Crippen LogP contribution in [0, 0.1) is 5.82 Å². The maximum atomic E-state index is 13.7. The first-order valence-electron chi connectivity index (χ1n) is 6.68. The number of amidine groups is 1. The fraction of sp³-hybridized carbons (Fsp3) is 0.0588. The number of rotatable bonds is 3. The molecule has 1 aliphatic heterocycles. The van der Waals surface area contributed by atoms with Crippen molar-refractivity contribution in [3.8, 4) is 5.75 Å². The van der Waals surface area contributed by atoms with E-state index >= 15 is 0 Å². The summed E-state index contributed by atoms with van der Waals surface area (Å²) in [7, 11) is 1.59. The monoisotopic (exact) mass is 296 g/mol. The Morgan fingerprint density at radius 3 is 2.55 bits per heavy atom. The Balaban J connectivity index is 1.92. The summed E-state index contributed by atoms with van der Waals surface area (Å²) in [5.41, 5.74) is 1.32. The zero-order valence-corrected chi connectivity index (χ0v) is 11.8.